The molecular formula is C20H28N2O3. The Bertz CT molecular complexity index is 572. The second-order valence-electron chi connectivity index (χ2n) is 7.57. The third-order valence-electron chi connectivity index (χ3n) is 5.56. The van der Waals surface area contributed by atoms with Gasteiger partial charge in [-0.05, 0) is 31.2 Å². The summed E-state index contributed by atoms with van der Waals surface area (Å²) < 4.78 is 11.5. The van der Waals surface area contributed by atoms with E-state index in [0.29, 0.717) is 25.8 Å². The van der Waals surface area contributed by atoms with Gasteiger partial charge in [-0.2, -0.15) is 0 Å². The van der Waals surface area contributed by atoms with Crippen LogP contribution in [0.5, 0.6) is 0 Å². The predicted octanol–water partition coefficient (Wildman–Crippen LogP) is 2.45. The molecule has 1 saturated heterocycles. The van der Waals surface area contributed by atoms with E-state index in [9.17, 15) is 4.79 Å². The van der Waals surface area contributed by atoms with Crippen LogP contribution >= 0.6 is 0 Å². The summed E-state index contributed by atoms with van der Waals surface area (Å²) in [5.41, 5.74) is 1.28. The lowest BCUT2D eigenvalue weighted by molar-refractivity contribution is -0.180. The molecule has 0 atom stereocenters. The van der Waals surface area contributed by atoms with Crippen molar-refractivity contribution in [2.45, 2.75) is 62.9 Å². The zero-order valence-electron chi connectivity index (χ0n) is 14.8. The number of hydrogen-bond donors (Lipinski definition) is 1. The number of rotatable bonds is 6. The van der Waals surface area contributed by atoms with Gasteiger partial charge in [0.15, 0.2) is 5.79 Å². The van der Waals surface area contributed by atoms with Gasteiger partial charge in [-0.1, -0.05) is 30.3 Å². The quantitative estimate of drug-likeness (QED) is 0.861. The summed E-state index contributed by atoms with van der Waals surface area (Å²) in [5, 5.41) is 3.23. The molecule has 0 aromatic heterocycles. The van der Waals surface area contributed by atoms with Gasteiger partial charge in [-0.3, -0.25) is 9.69 Å². The lowest BCUT2D eigenvalue weighted by atomic mass is 9.90. The number of amides is 1. The normalized spacial score (nSPS) is 23.2. The minimum atomic E-state index is -0.353. The molecule has 1 N–H and O–H groups in total. The van der Waals surface area contributed by atoms with Gasteiger partial charge in [0.1, 0.15) is 0 Å². The highest BCUT2D eigenvalue weighted by Crippen LogP contribution is 2.35. The molecule has 1 spiro atoms. The standard InChI is InChI=1S/C20H28N2O3/c23-19(21-17-8-10-20(11-9-17)24-12-13-25-20)15-22(18-6-7-18)14-16-4-2-1-3-5-16/h1-5,17-18H,6-15H2,(H,21,23). The minimum Gasteiger partial charge on any atom is -0.352 e. The Labute approximate surface area is 149 Å². The van der Waals surface area contributed by atoms with Crippen molar-refractivity contribution in [3.05, 3.63) is 35.9 Å². The van der Waals surface area contributed by atoms with Gasteiger partial charge in [0.25, 0.3) is 0 Å². The van der Waals surface area contributed by atoms with Crippen LogP contribution in [-0.2, 0) is 20.8 Å². The van der Waals surface area contributed by atoms with Crippen molar-refractivity contribution in [2.75, 3.05) is 19.8 Å². The Balaban J connectivity index is 1.26. The van der Waals surface area contributed by atoms with Crippen LogP contribution in [0.2, 0.25) is 0 Å². The van der Waals surface area contributed by atoms with Crippen LogP contribution in [0.3, 0.4) is 0 Å². The first-order valence-corrected chi connectivity index (χ1v) is 9.58. The van der Waals surface area contributed by atoms with E-state index in [2.05, 4.69) is 34.5 Å². The molecule has 0 radical (unpaired) electrons. The van der Waals surface area contributed by atoms with Crippen LogP contribution in [0.15, 0.2) is 30.3 Å². The fourth-order valence-electron chi connectivity index (χ4n) is 4.02. The Morgan fingerprint density at radius 1 is 1.08 bits per heavy atom. The van der Waals surface area contributed by atoms with Gasteiger partial charge < -0.3 is 14.8 Å². The fraction of sp³-hybridized carbons (Fsp3) is 0.650. The maximum atomic E-state index is 12.5. The van der Waals surface area contributed by atoms with Crippen molar-refractivity contribution in [2.24, 2.45) is 0 Å². The average Bonchev–Trinajstić information content (AvgIpc) is 3.38. The molecule has 5 heteroatoms. The van der Waals surface area contributed by atoms with E-state index in [1.54, 1.807) is 0 Å². The molecule has 4 rings (SSSR count). The number of nitrogens with one attached hydrogen (secondary N) is 1. The summed E-state index contributed by atoms with van der Waals surface area (Å²) in [5.74, 6) is -0.203. The van der Waals surface area contributed by atoms with Gasteiger partial charge in [0.05, 0.1) is 19.8 Å². The molecular weight excluding hydrogens is 316 g/mol. The van der Waals surface area contributed by atoms with Crippen molar-refractivity contribution in [3.8, 4) is 0 Å². The van der Waals surface area contributed by atoms with Gasteiger partial charge >= 0.3 is 0 Å². The second kappa shape index (κ2) is 7.44. The summed E-state index contributed by atoms with van der Waals surface area (Å²) in [4.78, 5) is 14.9. The molecule has 1 amide bonds. The second-order valence-corrected chi connectivity index (χ2v) is 7.57. The number of hydrogen-bond acceptors (Lipinski definition) is 4. The minimum absolute atomic E-state index is 0.150. The summed E-state index contributed by atoms with van der Waals surface area (Å²) in [7, 11) is 0. The van der Waals surface area contributed by atoms with Crippen LogP contribution in [-0.4, -0.2) is 48.4 Å². The number of carbonyl (C=O) groups is 1. The first-order chi connectivity index (χ1) is 12.2. The number of carbonyl (C=O) groups excluding carboxylic acids is 1. The van der Waals surface area contributed by atoms with Crippen LogP contribution in [0.4, 0.5) is 0 Å². The van der Waals surface area contributed by atoms with Crippen molar-refractivity contribution in [1.29, 1.82) is 0 Å². The summed E-state index contributed by atoms with van der Waals surface area (Å²) in [6.45, 7) is 2.75. The maximum absolute atomic E-state index is 12.5. The van der Waals surface area contributed by atoms with Gasteiger partial charge in [-0.25, -0.2) is 0 Å². The summed E-state index contributed by atoms with van der Waals surface area (Å²) in [6.07, 6.45) is 6.06. The van der Waals surface area contributed by atoms with Crippen LogP contribution in [0.1, 0.15) is 44.1 Å². The Kier molecular flexibility index (Phi) is 5.06. The summed E-state index contributed by atoms with van der Waals surface area (Å²) >= 11 is 0. The van der Waals surface area contributed by atoms with Gasteiger partial charge in [-0.15, -0.1) is 0 Å². The summed E-state index contributed by atoms with van der Waals surface area (Å²) in [6, 6.07) is 11.2. The lowest BCUT2D eigenvalue weighted by Crippen LogP contribution is -2.47. The highest BCUT2D eigenvalue weighted by Gasteiger charge is 2.40. The highest BCUT2D eigenvalue weighted by molar-refractivity contribution is 5.78. The number of benzene rings is 1. The van der Waals surface area contributed by atoms with E-state index in [1.165, 1.54) is 18.4 Å². The molecule has 0 bridgehead atoms. The van der Waals surface area contributed by atoms with Crippen LogP contribution in [0.25, 0.3) is 0 Å². The van der Waals surface area contributed by atoms with Crippen LogP contribution in [0, 0.1) is 0 Å². The van der Waals surface area contributed by atoms with Gasteiger partial charge in [0, 0.05) is 31.5 Å². The average molecular weight is 344 g/mol. The van der Waals surface area contributed by atoms with E-state index in [1.807, 2.05) is 6.07 Å². The van der Waals surface area contributed by atoms with E-state index < -0.39 is 0 Å². The molecule has 2 saturated carbocycles. The number of ether oxygens (including phenoxy) is 2. The smallest absolute Gasteiger partial charge is 0.234 e. The highest BCUT2D eigenvalue weighted by atomic mass is 16.7. The lowest BCUT2D eigenvalue weighted by Gasteiger charge is -2.35. The third kappa shape index (κ3) is 4.40. The first kappa shape index (κ1) is 17.0. The molecule has 2 aliphatic carbocycles. The predicted molar refractivity (Wildman–Crippen MR) is 94.9 cm³/mol. The van der Waals surface area contributed by atoms with E-state index in [0.717, 1.165) is 32.2 Å². The Morgan fingerprint density at radius 3 is 2.40 bits per heavy atom. The van der Waals surface area contributed by atoms with Crippen molar-refractivity contribution in [3.63, 3.8) is 0 Å². The monoisotopic (exact) mass is 344 g/mol. The molecule has 0 unspecified atom stereocenters. The zero-order valence-corrected chi connectivity index (χ0v) is 14.8. The van der Waals surface area contributed by atoms with Gasteiger partial charge in [0.2, 0.25) is 5.91 Å². The molecule has 25 heavy (non-hydrogen) atoms. The van der Waals surface area contributed by atoms with Crippen molar-refractivity contribution >= 4 is 5.91 Å². The molecule has 5 nitrogen and oxygen atoms in total. The van der Waals surface area contributed by atoms with Crippen molar-refractivity contribution in [1.82, 2.24) is 10.2 Å². The van der Waals surface area contributed by atoms with Crippen LogP contribution < -0.4 is 5.32 Å². The molecule has 1 aliphatic heterocycles. The molecule has 1 heterocycles. The SMILES string of the molecule is O=C(CN(Cc1ccccc1)C1CC1)NC1CCC2(CC1)OCCO2. The van der Waals surface area contributed by atoms with E-state index in [-0.39, 0.29) is 17.7 Å². The molecule has 1 aromatic carbocycles. The third-order valence-corrected chi connectivity index (χ3v) is 5.56. The fourth-order valence-corrected chi connectivity index (χ4v) is 4.02. The maximum Gasteiger partial charge on any atom is 0.234 e. The Morgan fingerprint density at radius 2 is 1.76 bits per heavy atom. The largest absolute Gasteiger partial charge is 0.352 e. The topological polar surface area (TPSA) is 50.8 Å². The zero-order chi connectivity index (χ0) is 17.1. The number of nitrogens with zero attached hydrogens (tertiary/aromatic N) is 1. The molecule has 136 valence electrons. The molecule has 3 aliphatic rings. The molecule has 3 fully saturated rings. The first-order valence-electron chi connectivity index (χ1n) is 9.58. The van der Waals surface area contributed by atoms with E-state index >= 15 is 0 Å². The van der Waals surface area contributed by atoms with E-state index in [4.69, 9.17) is 9.47 Å². The Hall–Kier alpha value is -1.43. The van der Waals surface area contributed by atoms with Crippen molar-refractivity contribution < 1.29 is 14.3 Å². The molecule has 1 aromatic rings.